The second kappa shape index (κ2) is 12.0. The van der Waals surface area contributed by atoms with Gasteiger partial charge < -0.3 is 25.8 Å². The van der Waals surface area contributed by atoms with Gasteiger partial charge in [0.2, 0.25) is 5.91 Å². The highest BCUT2D eigenvalue weighted by atomic mass is 127. The van der Waals surface area contributed by atoms with Crippen molar-refractivity contribution in [3.8, 4) is 0 Å². The summed E-state index contributed by atoms with van der Waals surface area (Å²) in [5.41, 5.74) is 6.00. The number of hydrogen-bond acceptors (Lipinski definition) is 7. The number of esters is 2. The molecule has 0 aliphatic carbocycles. The molecule has 0 aliphatic rings. The van der Waals surface area contributed by atoms with E-state index in [1.54, 1.807) is 0 Å². The highest BCUT2D eigenvalue weighted by Gasteiger charge is 2.28. The molecule has 4 N–H and O–H groups in total. The number of anilines is 1. The van der Waals surface area contributed by atoms with Gasteiger partial charge in [0.25, 0.3) is 11.8 Å². The van der Waals surface area contributed by atoms with E-state index in [1.165, 1.54) is 20.8 Å². The van der Waals surface area contributed by atoms with Crippen molar-refractivity contribution in [2.45, 2.75) is 26.9 Å². The van der Waals surface area contributed by atoms with E-state index < -0.39 is 29.9 Å². The maximum absolute atomic E-state index is 12.9. The van der Waals surface area contributed by atoms with Gasteiger partial charge in [-0.15, -0.1) is 0 Å². The van der Waals surface area contributed by atoms with E-state index in [1.807, 2.05) is 67.8 Å². The molecule has 0 aliphatic heterocycles. The van der Waals surface area contributed by atoms with Crippen LogP contribution in [-0.2, 0) is 23.9 Å². The predicted molar refractivity (Wildman–Crippen MR) is 132 cm³/mol. The van der Waals surface area contributed by atoms with E-state index in [4.69, 9.17) is 15.2 Å². The van der Waals surface area contributed by atoms with E-state index >= 15 is 0 Å². The molecule has 30 heavy (non-hydrogen) atoms. The fraction of sp³-hybridized carbons (Fsp3) is 0.353. The number of primary amides is 1. The molecule has 1 rings (SSSR count). The molecule has 0 saturated carbocycles. The number of benzene rings is 1. The Kier molecular flexibility index (Phi) is 10.7. The van der Waals surface area contributed by atoms with Crippen molar-refractivity contribution in [2.24, 2.45) is 5.73 Å². The van der Waals surface area contributed by atoms with Crippen LogP contribution in [0.4, 0.5) is 5.69 Å². The number of carbonyl (C=O) groups is 5. The Balaban J connectivity index is 3.28. The smallest absolute Gasteiger partial charge is 0.303 e. The third-order valence-electron chi connectivity index (χ3n) is 3.39. The second-order valence-electron chi connectivity index (χ2n) is 5.86. The van der Waals surface area contributed by atoms with Gasteiger partial charge in [-0.25, -0.2) is 0 Å². The van der Waals surface area contributed by atoms with E-state index in [0.29, 0.717) is 16.4 Å². The Hall–Kier alpha value is -1.24. The molecule has 0 radical (unpaired) electrons. The largest absolute Gasteiger partial charge is 0.462 e. The summed E-state index contributed by atoms with van der Waals surface area (Å²) in [7, 11) is 0. The first-order chi connectivity index (χ1) is 13.9. The molecule has 10 nitrogen and oxygen atoms in total. The van der Waals surface area contributed by atoms with Crippen LogP contribution in [0.1, 0.15) is 41.5 Å². The quantitative estimate of drug-likeness (QED) is 0.270. The fourth-order valence-electron chi connectivity index (χ4n) is 2.24. The molecule has 13 heteroatoms. The van der Waals surface area contributed by atoms with Crippen LogP contribution in [0.25, 0.3) is 0 Å². The van der Waals surface area contributed by atoms with Gasteiger partial charge in [-0.3, -0.25) is 24.0 Å². The summed E-state index contributed by atoms with van der Waals surface area (Å²) < 4.78 is 11.0. The zero-order valence-electron chi connectivity index (χ0n) is 16.1. The van der Waals surface area contributed by atoms with Crippen LogP contribution in [0, 0.1) is 10.7 Å². The van der Waals surface area contributed by atoms with Gasteiger partial charge in [0, 0.05) is 24.3 Å². The maximum Gasteiger partial charge on any atom is 0.303 e. The van der Waals surface area contributed by atoms with Gasteiger partial charge >= 0.3 is 11.9 Å². The van der Waals surface area contributed by atoms with Crippen molar-refractivity contribution >= 4 is 103 Å². The number of amides is 3. The van der Waals surface area contributed by atoms with Gasteiger partial charge in [0.15, 0.2) is 6.10 Å². The molecule has 1 atom stereocenters. The number of carbonyl (C=O) groups excluding carboxylic acids is 5. The molecule has 3 amide bonds. The maximum atomic E-state index is 12.9. The number of nitrogens with two attached hydrogens (primary N) is 1. The van der Waals surface area contributed by atoms with E-state index in [-0.39, 0.29) is 30.2 Å². The summed E-state index contributed by atoms with van der Waals surface area (Å²) in [6.45, 7) is 3.30. The van der Waals surface area contributed by atoms with Crippen LogP contribution in [0.5, 0.6) is 0 Å². The van der Waals surface area contributed by atoms with Crippen LogP contribution in [0.3, 0.4) is 0 Å². The topological polar surface area (TPSA) is 154 Å². The van der Waals surface area contributed by atoms with Crippen molar-refractivity contribution in [1.82, 2.24) is 5.32 Å². The zero-order chi connectivity index (χ0) is 23.2. The molecule has 164 valence electrons. The highest BCUT2D eigenvalue weighted by molar-refractivity contribution is 14.1. The lowest BCUT2D eigenvalue weighted by molar-refractivity contribution is -0.155. The number of hydrogen-bond donors (Lipinski definition) is 3. The number of halogens is 3. The SMILES string of the molecule is CC(=O)Nc1c(I)c(C(N)=O)c(I)c(C(=O)NCC(COC(C)=O)OC(C)=O)c1I. The van der Waals surface area contributed by atoms with Crippen LogP contribution in [-0.4, -0.2) is 48.9 Å². The summed E-state index contributed by atoms with van der Waals surface area (Å²) in [6, 6.07) is 0. The highest BCUT2D eigenvalue weighted by Crippen LogP contribution is 2.35. The lowest BCUT2D eigenvalue weighted by Crippen LogP contribution is -2.38. The molecule has 0 fully saturated rings. The van der Waals surface area contributed by atoms with Crippen LogP contribution in [0.15, 0.2) is 0 Å². The Morgan fingerprint density at radius 1 is 0.933 bits per heavy atom. The molecule has 1 unspecified atom stereocenters. The van der Waals surface area contributed by atoms with Gasteiger partial charge in [-0.1, -0.05) is 0 Å². The lowest BCUT2D eigenvalue weighted by Gasteiger charge is -2.20. The summed E-state index contributed by atoms with van der Waals surface area (Å²) in [6.07, 6.45) is -0.903. The first-order valence-corrected chi connectivity index (χ1v) is 11.5. The standard InChI is InChI=1S/C17H18I3N3O7/c1-6(24)23-15-13(19)10(16(21)27)12(18)11(14(15)20)17(28)22-4-9(30-8(3)26)5-29-7(2)25/h9H,4-5H2,1-3H3,(H2,21,27)(H,22,28)(H,23,24). The third-order valence-corrected chi connectivity index (χ3v) is 6.62. The molecule has 0 saturated heterocycles. The van der Waals surface area contributed by atoms with Gasteiger partial charge in [-0.05, 0) is 67.8 Å². The third kappa shape index (κ3) is 7.47. The summed E-state index contributed by atoms with van der Waals surface area (Å²) >= 11 is 5.61. The molecule has 0 heterocycles. The minimum atomic E-state index is -0.903. The van der Waals surface area contributed by atoms with Crippen LogP contribution in [0.2, 0.25) is 0 Å². The Morgan fingerprint density at radius 2 is 1.50 bits per heavy atom. The van der Waals surface area contributed by atoms with Crippen molar-refractivity contribution in [3.05, 3.63) is 21.8 Å². The minimum Gasteiger partial charge on any atom is -0.462 e. The molecule has 0 spiro atoms. The zero-order valence-corrected chi connectivity index (χ0v) is 22.5. The van der Waals surface area contributed by atoms with E-state index in [9.17, 15) is 24.0 Å². The van der Waals surface area contributed by atoms with Crippen molar-refractivity contribution in [1.29, 1.82) is 0 Å². The monoisotopic (exact) mass is 757 g/mol. The van der Waals surface area contributed by atoms with Crippen molar-refractivity contribution < 1.29 is 33.4 Å². The van der Waals surface area contributed by atoms with Crippen LogP contribution >= 0.6 is 67.8 Å². The van der Waals surface area contributed by atoms with Gasteiger partial charge in [0.05, 0.1) is 30.5 Å². The average molecular weight is 757 g/mol. The Labute approximate surface area is 213 Å². The second-order valence-corrected chi connectivity index (χ2v) is 9.09. The first-order valence-electron chi connectivity index (χ1n) is 8.23. The average Bonchev–Trinajstić information content (AvgIpc) is 2.60. The van der Waals surface area contributed by atoms with Gasteiger partial charge in [-0.2, -0.15) is 0 Å². The molecule has 0 bridgehead atoms. The summed E-state index contributed by atoms with van der Waals surface area (Å²) in [5, 5.41) is 5.20. The summed E-state index contributed by atoms with van der Waals surface area (Å²) in [4.78, 5) is 58.7. The Morgan fingerprint density at radius 3 is 1.97 bits per heavy atom. The van der Waals surface area contributed by atoms with E-state index in [2.05, 4.69) is 10.6 Å². The van der Waals surface area contributed by atoms with Crippen molar-refractivity contribution in [3.63, 3.8) is 0 Å². The normalized spacial score (nSPS) is 11.3. The molecular weight excluding hydrogens is 739 g/mol. The lowest BCUT2D eigenvalue weighted by atomic mass is 10.1. The molecule has 1 aromatic rings. The number of nitrogens with one attached hydrogen (secondary N) is 2. The van der Waals surface area contributed by atoms with Gasteiger partial charge in [0.1, 0.15) is 6.61 Å². The number of ether oxygens (including phenoxy) is 2. The minimum absolute atomic E-state index is 0.0990. The predicted octanol–water partition coefficient (Wildman–Crippen LogP) is 1.78. The first kappa shape index (κ1) is 26.8. The molecular formula is C17H18I3N3O7. The molecule has 0 aromatic heterocycles. The summed E-state index contributed by atoms with van der Waals surface area (Å²) in [5.74, 6) is -2.90. The van der Waals surface area contributed by atoms with Crippen molar-refractivity contribution in [2.75, 3.05) is 18.5 Å². The number of rotatable bonds is 8. The Bertz CT molecular complexity index is 905. The van der Waals surface area contributed by atoms with E-state index in [0.717, 1.165) is 0 Å². The van der Waals surface area contributed by atoms with Crippen LogP contribution < -0.4 is 16.4 Å². The fourth-order valence-corrected chi connectivity index (χ4v) is 6.70. The molecule has 1 aromatic carbocycles.